The van der Waals surface area contributed by atoms with Gasteiger partial charge < -0.3 is 16.2 Å². The molecule has 0 spiro atoms. The van der Waals surface area contributed by atoms with E-state index in [1.807, 2.05) is 31.4 Å². The number of carbonyl (C=O) groups excluding carboxylic acids is 1. The second-order valence-corrected chi connectivity index (χ2v) is 5.11. The van der Waals surface area contributed by atoms with Crippen molar-refractivity contribution in [3.05, 3.63) is 22.4 Å². The Hall–Kier alpha value is -0.910. The van der Waals surface area contributed by atoms with Gasteiger partial charge in [0.2, 0.25) is 5.91 Å². The molecule has 1 unspecified atom stereocenters. The molecular formula is C12H20N2O2S. The third kappa shape index (κ3) is 3.28. The quantitative estimate of drug-likeness (QED) is 0.720. The highest BCUT2D eigenvalue weighted by Gasteiger charge is 2.29. The maximum atomic E-state index is 12.0. The van der Waals surface area contributed by atoms with Crippen molar-refractivity contribution in [3.8, 4) is 0 Å². The van der Waals surface area contributed by atoms with E-state index in [2.05, 4.69) is 5.32 Å². The lowest BCUT2D eigenvalue weighted by Gasteiger charge is -2.31. The van der Waals surface area contributed by atoms with Gasteiger partial charge in [0.15, 0.2) is 0 Å². The summed E-state index contributed by atoms with van der Waals surface area (Å²) in [6.07, 6.45) is 1.37. The maximum absolute atomic E-state index is 12.0. The topological polar surface area (TPSA) is 75.3 Å². The molecule has 0 fully saturated rings. The number of hydrogen-bond donors (Lipinski definition) is 3. The number of carbonyl (C=O) groups is 1. The van der Waals surface area contributed by atoms with Gasteiger partial charge in [-0.25, -0.2) is 0 Å². The summed E-state index contributed by atoms with van der Waals surface area (Å²) in [6, 6.07) is 3.05. The Morgan fingerprint density at radius 1 is 1.59 bits per heavy atom. The first-order valence-corrected chi connectivity index (χ1v) is 6.68. The number of hydrogen-bond acceptors (Lipinski definition) is 4. The molecule has 1 aromatic rings. The first-order chi connectivity index (χ1) is 8.08. The smallest absolute Gasteiger partial charge is 0.242 e. The summed E-state index contributed by atoms with van der Waals surface area (Å²) in [5.41, 5.74) is 5.32. The average Bonchev–Trinajstić information content (AvgIpc) is 2.88. The number of thiophene rings is 1. The molecule has 1 atom stereocenters. The lowest BCUT2D eigenvalue weighted by atomic mass is 9.93. The Balaban J connectivity index is 2.71. The van der Waals surface area contributed by atoms with Crippen molar-refractivity contribution < 1.29 is 9.90 Å². The summed E-state index contributed by atoms with van der Waals surface area (Å²) in [5.74, 6) is -0.231. The molecule has 0 saturated heterocycles. The van der Waals surface area contributed by atoms with Crippen LogP contribution in [-0.4, -0.2) is 23.2 Å². The van der Waals surface area contributed by atoms with Crippen LogP contribution < -0.4 is 11.1 Å². The van der Waals surface area contributed by atoms with E-state index in [4.69, 9.17) is 5.73 Å². The predicted octanol–water partition coefficient (Wildman–Crippen LogP) is 1.42. The molecule has 1 aromatic heterocycles. The molecule has 0 aliphatic carbocycles. The summed E-state index contributed by atoms with van der Waals surface area (Å²) in [7, 11) is 0. The molecule has 1 heterocycles. The van der Waals surface area contributed by atoms with Gasteiger partial charge in [0.05, 0.1) is 12.1 Å². The minimum atomic E-state index is -0.654. The fourth-order valence-electron chi connectivity index (χ4n) is 1.63. The van der Waals surface area contributed by atoms with Crippen molar-refractivity contribution in [2.24, 2.45) is 5.73 Å². The molecule has 0 aromatic carbocycles. The van der Waals surface area contributed by atoms with E-state index in [1.165, 1.54) is 11.3 Å². The normalized spacial score (nSPS) is 13.4. The minimum absolute atomic E-state index is 0.0666. The van der Waals surface area contributed by atoms with Gasteiger partial charge in [-0.3, -0.25) is 4.79 Å². The van der Waals surface area contributed by atoms with Crippen molar-refractivity contribution in [2.75, 3.05) is 6.61 Å². The first kappa shape index (κ1) is 14.2. The zero-order valence-corrected chi connectivity index (χ0v) is 11.1. The molecule has 4 N–H and O–H groups in total. The number of aliphatic hydroxyl groups excluding tert-OH is 1. The Bertz CT molecular complexity index is 339. The van der Waals surface area contributed by atoms with Crippen molar-refractivity contribution in [1.82, 2.24) is 5.32 Å². The summed E-state index contributed by atoms with van der Waals surface area (Å²) in [4.78, 5) is 12.8. The van der Waals surface area contributed by atoms with E-state index in [-0.39, 0.29) is 12.5 Å². The van der Waals surface area contributed by atoms with Crippen LogP contribution >= 0.6 is 11.3 Å². The second-order valence-electron chi connectivity index (χ2n) is 4.13. The van der Waals surface area contributed by atoms with Crippen molar-refractivity contribution in [1.29, 1.82) is 0 Å². The largest absolute Gasteiger partial charge is 0.394 e. The molecule has 0 saturated carbocycles. The van der Waals surface area contributed by atoms with Crippen molar-refractivity contribution >= 4 is 17.2 Å². The van der Waals surface area contributed by atoms with E-state index < -0.39 is 11.6 Å². The van der Waals surface area contributed by atoms with Crippen LogP contribution in [0.25, 0.3) is 0 Å². The van der Waals surface area contributed by atoms with Crippen LogP contribution in [0.2, 0.25) is 0 Å². The summed E-state index contributed by atoms with van der Waals surface area (Å²) < 4.78 is 0. The Kier molecular flexibility index (Phi) is 5.11. The molecule has 0 aliphatic heterocycles. The van der Waals surface area contributed by atoms with Gasteiger partial charge in [-0.15, -0.1) is 11.3 Å². The molecule has 0 radical (unpaired) electrons. The minimum Gasteiger partial charge on any atom is -0.394 e. The van der Waals surface area contributed by atoms with Crippen molar-refractivity contribution in [2.45, 2.75) is 38.3 Å². The lowest BCUT2D eigenvalue weighted by Crippen LogP contribution is -2.52. The van der Waals surface area contributed by atoms with Crippen molar-refractivity contribution in [3.63, 3.8) is 0 Å². The monoisotopic (exact) mass is 256 g/mol. The number of nitrogens with two attached hydrogens (primary N) is 1. The molecule has 1 rings (SSSR count). The van der Waals surface area contributed by atoms with Crippen LogP contribution in [0.3, 0.4) is 0 Å². The van der Waals surface area contributed by atoms with E-state index in [9.17, 15) is 9.90 Å². The fraction of sp³-hybridized carbons (Fsp3) is 0.583. The standard InChI is InChI=1S/C12H20N2O2S/c1-3-12(4-2,8-15)14-11(16)10(13)9-6-5-7-17-9/h5-7,10,15H,3-4,8,13H2,1-2H3,(H,14,16). The second kappa shape index (κ2) is 6.14. The molecule has 1 amide bonds. The number of aliphatic hydroxyl groups is 1. The third-order valence-corrected chi connectivity index (χ3v) is 4.13. The lowest BCUT2D eigenvalue weighted by molar-refractivity contribution is -0.125. The highest BCUT2D eigenvalue weighted by molar-refractivity contribution is 7.10. The van der Waals surface area contributed by atoms with E-state index in [0.29, 0.717) is 12.8 Å². The van der Waals surface area contributed by atoms with Crippen LogP contribution in [0, 0.1) is 0 Å². The van der Waals surface area contributed by atoms with Crippen LogP contribution in [-0.2, 0) is 4.79 Å². The van der Waals surface area contributed by atoms with Crippen LogP contribution in [0.4, 0.5) is 0 Å². The van der Waals surface area contributed by atoms with E-state index in [1.54, 1.807) is 0 Å². The molecule has 0 bridgehead atoms. The summed E-state index contributed by atoms with van der Waals surface area (Å²) >= 11 is 1.46. The average molecular weight is 256 g/mol. The van der Waals surface area contributed by atoms with Gasteiger partial charge in [-0.2, -0.15) is 0 Å². The Labute approximate surface area is 106 Å². The Morgan fingerprint density at radius 3 is 2.65 bits per heavy atom. The summed E-state index contributed by atoms with van der Waals surface area (Å²) in [6.45, 7) is 3.82. The third-order valence-electron chi connectivity index (χ3n) is 3.18. The molecular weight excluding hydrogens is 236 g/mol. The molecule has 17 heavy (non-hydrogen) atoms. The zero-order chi connectivity index (χ0) is 12.9. The van der Waals surface area contributed by atoms with Crippen LogP contribution in [0.1, 0.15) is 37.6 Å². The van der Waals surface area contributed by atoms with Gasteiger partial charge in [-0.1, -0.05) is 19.9 Å². The van der Waals surface area contributed by atoms with Gasteiger partial charge in [-0.05, 0) is 24.3 Å². The molecule has 5 heteroatoms. The van der Waals surface area contributed by atoms with Gasteiger partial charge in [0, 0.05) is 4.88 Å². The number of rotatable bonds is 6. The first-order valence-electron chi connectivity index (χ1n) is 5.80. The van der Waals surface area contributed by atoms with E-state index >= 15 is 0 Å². The molecule has 0 aliphatic rings. The highest BCUT2D eigenvalue weighted by atomic mass is 32.1. The molecule has 4 nitrogen and oxygen atoms in total. The van der Waals surface area contributed by atoms with Gasteiger partial charge in [0.1, 0.15) is 6.04 Å². The maximum Gasteiger partial charge on any atom is 0.242 e. The van der Waals surface area contributed by atoms with Gasteiger partial charge in [0.25, 0.3) is 0 Å². The van der Waals surface area contributed by atoms with Crippen LogP contribution in [0.15, 0.2) is 17.5 Å². The van der Waals surface area contributed by atoms with Crippen LogP contribution in [0.5, 0.6) is 0 Å². The SMILES string of the molecule is CCC(CC)(CO)NC(=O)C(N)c1cccs1. The van der Waals surface area contributed by atoms with Gasteiger partial charge >= 0.3 is 0 Å². The number of nitrogens with one attached hydrogen (secondary N) is 1. The zero-order valence-electron chi connectivity index (χ0n) is 10.3. The Morgan fingerprint density at radius 2 is 2.24 bits per heavy atom. The highest BCUT2D eigenvalue weighted by Crippen LogP contribution is 2.20. The summed E-state index contributed by atoms with van der Waals surface area (Å²) in [5, 5.41) is 14.1. The fourth-order valence-corrected chi connectivity index (χ4v) is 2.35. The predicted molar refractivity (Wildman–Crippen MR) is 69.8 cm³/mol. The number of amides is 1. The van der Waals surface area contributed by atoms with E-state index in [0.717, 1.165) is 4.88 Å². The molecule has 96 valence electrons.